The van der Waals surface area contributed by atoms with Gasteiger partial charge < -0.3 is 15.6 Å². The van der Waals surface area contributed by atoms with Gasteiger partial charge in [-0.1, -0.05) is 20.3 Å². The lowest BCUT2D eigenvalue weighted by molar-refractivity contribution is -0.151. The molecular formula is C11H21NO4. The van der Waals surface area contributed by atoms with Gasteiger partial charge in [-0.15, -0.1) is 0 Å². The van der Waals surface area contributed by atoms with Crippen molar-refractivity contribution >= 4 is 11.9 Å². The van der Waals surface area contributed by atoms with Crippen molar-refractivity contribution in [2.45, 2.75) is 58.1 Å². The second-order valence-electron chi connectivity index (χ2n) is 3.79. The molecule has 0 aliphatic rings. The second-order valence-corrected chi connectivity index (χ2v) is 3.79. The maximum absolute atomic E-state index is 11.5. The van der Waals surface area contributed by atoms with Gasteiger partial charge in [-0.3, -0.25) is 9.59 Å². The first-order valence-electron chi connectivity index (χ1n) is 5.69. The van der Waals surface area contributed by atoms with Crippen molar-refractivity contribution in [3.8, 4) is 0 Å². The van der Waals surface area contributed by atoms with Gasteiger partial charge in [0.1, 0.15) is 12.1 Å². The van der Waals surface area contributed by atoms with E-state index in [0.717, 1.165) is 19.3 Å². The highest BCUT2D eigenvalue weighted by molar-refractivity contribution is 5.76. The molecule has 0 aromatic rings. The van der Waals surface area contributed by atoms with Gasteiger partial charge in [-0.2, -0.15) is 0 Å². The van der Waals surface area contributed by atoms with Gasteiger partial charge in [0.25, 0.3) is 0 Å². The minimum atomic E-state index is -0.955. The highest BCUT2D eigenvalue weighted by atomic mass is 16.5. The summed E-state index contributed by atoms with van der Waals surface area (Å²) >= 11 is 0. The number of rotatable bonds is 8. The van der Waals surface area contributed by atoms with Crippen LogP contribution in [0.3, 0.4) is 0 Å². The van der Waals surface area contributed by atoms with Crippen molar-refractivity contribution in [2.75, 3.05) is 0 Å². The van der Waals surface area contributed by atoms with Gasteiger partial charge in [0.05, 0.1) is 0 Å². The fraction of sp³-hybridized carbons (Fsp3) is 0.818. The molecule has 0 bridgehead atoms. The minimum absolute atomic E-state index is 0.103. The topological polar surface area (TPSA) is 89.6 Å². The number of nitrogens with two attached hydrogens (primary N) is 1. The summed E-state index contributed by atoms with van der Waals surface area (Å²) in [6, 6.07) is -0.831. The van der Waals surface area contributed by atoms with Crippen molar-refractivity contribution in [3.63, 3.8) is 0 Å². The zero-order valence-electron chi connectivity index (χ0n) is 9.94. The van der Waals surface area contributed by atoms with E-state index in [2.05, 4.69) is 0 Å². The van der Waals surface area contributed by atoms with Gasteiger partial charge in [-0.05, 0) is 19.3 Å². The molecule has 0 aliphatic carbocycles. The number of carboxylic acid groups (broad SMARTS) is 1. The molecule has 1 unspecified atom stereocenters. The van der Waals surface area contributed by atoms with E-state index in [1.165, 1.54) is 0 Å². The van der Waals surface area contributed by atoms with Crippen LogP contribution in [0.4, 0.5) is 0 Å². The summed E-state index contributed by atoms with van der Waals surface area (Å²) < 4.78 is 5.18. The molecule has 0 rings (SSSR count). The summed E-state index contributed by atoms with van der Waals surface area (Å²) in [4.78, 5) is 21.8. The Hall–Kier alpha value is -1.10. The Balaban J connectivity index is 3.97. The fourth-order valence-corrected chi connectivity index (χ4v) is 1.32. The van der Waals surface area contributed by atoms with E-state index in [9.17, 15) is 9.59 Å². The lowest BCUT2D eigenvalue weighted by Gasteiger charge is -2.18. The standard InChI is InChI=1S/C11H21NO4/c1-3-5-8(4-2)16-11(15)9(12)6-7-10(13)14/h8-9H,3-7,12H2,1-2H3,(H,13,14)/t8?,9-/m0/s1. The first kappa shape index (κ1) is 14.9. The average Bonchev–Trinajstić information content (AvgIpc) is 2.24. The molecule has 94 valence electrons. The van der Waals surface area contributed by atoms with Gasteiger partial charge in [-0.25, -0.2) is 0 Å². The zero-order valence-corrected chi connectivity index (χ0v) is 9.94. The van der Waals surface area contributed by atoms with E-state index >= 15 is 0 Å². The molecule has 5 heteroatoms. The molecule has 0 aromatic heterocycles. The lowest BCUT2D eigenvalue weighted by Crippen LogP contribution is -2.35. The van der Waals surface area contributed by atoms with Crippen LogP contribution in [0.2, 0.25) is 0 Å². The quantitative estimate of drug-likeness (QED) is 0.614. The third-order valence-corrected chi connectivity index (χ3v) is 2.32. The molecular weight excluding hydrogens is 210 g/mol. The highest BCUT2D eigenvalue weighted by Crippen LogP contribution is 2.08. The second kappa shape index (κ2) is 8.10. The maximum atomic E-state index is 11.5. The van der Waals surface area contributed by atoms with E-state index in [0.29, 0.717) is 0 Å². The number of aliphatic carboxylic acids is 1. The van der Waals surface area contributed by atoms with Crippen molar-refractivity contribution in [1.82, 2.24) is 0 Å². The Morgan fingerprint density at radius 1 is 1.31 bits per heavy atom. The van der Waals surface area contributed by atoms with Gasteiger partial charge in [0, 0.05) is 6.42 Å². The lowest BCUT2D eigenvalue weighted by atomic mass is 10.1. The number of carbonyl (C=O) groups is 2. The summed E-state index contributed by atoms with van der Waals surface area (Å²) in [7, 11) is 0. The number of ether oxygens (including phenoxy) is 1. The molecule has 0 amide bonds. The molecule has 0 radical (unpaired) electrons. The Kier molecular flexibility index (Phi) is 7.54. The van der Waals surface area contributed by atoms with E-state index in [4.69, 9.17) is 15.6 Å². The van der Waals surface area contributed by atoms with Crippen LogP contribution >= 0.6 is 0 Å². The molecule has 0 spiro atoms. The van der Waals surface area contributed by atoms with Crippen LogP contribution in [-0.4, -0.2) is 29.2 Å². The highest BCUT2D eigenvalue weighted by Gasteiger charge is 2.19. The van der Waals surface area contributed by atoms with Crippen molar-refractivity contribution in [1.29, 1.82) is 0 Å². The number of carboxylic acids is 1. The third-order valence-electron chi connectivity index (χ3n) is 2.32. The van der Waals surface area contributed by atoms with Crippen LogP contribution in [0.5, 0.6) is 0 Å². The molecule has 0 saturated carbocycles. The van der Waals surface area contributed by atoms with Crippen LogP contribution < -0.4 is 5.73 Å². The van der Waals surface area contributed by atoms with Crippen LogP contribution in [-0.2, 0) is 14.3 Å². The number of esters is 1. The van der Waals surface area contributed by atoms with E-state index < -0.39 is 18.0 Å². The van der Waals surface area contributed by atoms with Crippen LogP contribution in [0.15, 0.2) is 0 Å². The van der Waals surface area contributed by atoms with Gasteiger partial charge >= 0.3 is 11.9 Å². The van der Waals surface area contributed by atoms with Crippen molar-refractivity contribution in [2.24, 2.45) is 5.73 Å². The van der Waals surface area contributed by atoms with Crippen LogP contribution in [0.1, 0.15) is 46.0 Å². The molecule has 3 N–H and O–H groups in total. The van der Waals surface area contributed by atoms with Gasteiger partial charge in [0.15, 0.2) is 0 Å². The molecule has 0 heterocycles. The predicted octanol–water partition coefficient (Wildman–Crippen LogP) is 1.30. The zero-order chi connectivity index (χ0) is 12.6. The van der Waals surface area contributed by atoms with E-state index in [1.54, 1.807) is 0 Å². The third kappa shape index (κ3) is 6.40. The summed E-state index contributed by atoms with van der Waals surface area (Å²) in [5, 5.41) is 8.45. The predicted molar refractivity (Wildman–Crippen MR) is 59.9 cm³/mol. The van der Waals surface area contributed by atoms with Crippen molar-refractivity contribution < 1.29 is 19.4 Å². The summed E-state index contributed by atoms with van der Waals surface area (Å²) in [5.74, 6) is -1.45. The molecule has 2 atom stereocenters. The smallest absolute Gasteiger partial charge is 0.323 e. The SMILES string of the molecule is CCCC(CC)OC(=O)[C@@H](N)CCC(=O)O. The summed E-state index contributed by atoms with van der Waals surface area (Å²) in [5.41, 5.74) is 5.53. The largest absolute Gasteiger partial charge is 0.481 e. The number of hydrogen-bond donors (Lipinski definition) is 2. The average molecular weight is 231 g/mol. The fourth-order valence-electron chi connectivity index (χ4n) is 1.32. The first-order chi connectivity index (χ1) is 7.51. The molecule has 16 heavy (non-hydrogen) atoms. The minimum Gasteiger partial charge on any atom is -0.481 e. The van der Waals surface area contributed by atoms with Gasteiger partial charge in [0.2, 0.25) is 0 Å². The monoisotopic (exact) mass is 231 g/mol. The van der Waals surface area contributed by atoms with Crippen LogP contribution in [0.25, 0.3) is 0 Å². The van der Waals surface area contributed by atoms with E-state index in [-0.39, 0.29) is 18.9 Å². The van der Waals surface area contributed by atoms with Crippen molar-refractivity contribution in [3.05, 3.63) is 0 Å². The van der Waals surface area contributed by atoms with E-state index in [1.807, 2.05) is 13.8 Å². The molecule has 0 aliphatic heterocycles. The molecule has 5 nitrogen and oxygen atoms in total. The maximum Gasteiger partial charge on any atom is 0.323 e. The molecule has 0 fully saturated rings. The summed E-state index contributed by atoms with van der Waals surface area (Å²) in [6.45, 7) is 3.96. The Morgan fingerprint density at radius 3 is 2.38 bits per heavy atom. The Labute approximate surface area is 96.0 Å². The first-order valence-corrected chi connectivity index (χ1v) is 5.69. The van der Waals surface area contributed by atoms with Crippen LogP contribution in [0, 0.1) is 0 Å². The summed E-state index contributed by atoms with van der Waals surface area (Å²) in [6.07, 6.45) is 2.42. The molecule has 0 saturated heterocycles. The normalized spacial score (nSPS) is 14.2. The Morgan fingerprint density at radius 2 is 1.94 bits per heavy atom. The molecule has 0 aromatic carbocycles. The Bertz CT molecular complexity index is 230. The number of hydrogen-bond acceptors (Lipinski definition) is 4. The number of carbonyl (C=O) groups excluding carboxylic acids is 1.